The first kappa shape index (κ1) is 17.6. The summed E-state index contributed by atoms with van der Waals surface area (Å²) in [6.45, 7) is 4.08. The number of aromatic nitrogens is 2. The van der Waals surface area contributed by atoms with Crippen molar-refractivity contribution >= 4 is 23.3 Å². The number of rotatable bonds is 5. The zero-order valence-corrected chi connectivity index (χ0v) is 13.9. The van der Waals surface area contributed by atoms with Crippen molar-refractivity contribution in [1.29, 1.82) is 0 Å². The normalized spacial score (nSPS) is 10.5. The van der Waals surface area contributed by atoms with Crippen LogP contribution in [-0.2, 0) is 6.54 Å². The zero-order valence-electron chi connectivity index (χ0n) is 13.1. The Kier molecular flexibility index (Phi) is 5.30. The molecule has 128 valence electrons. The molecule has 24 heavy (non-hydrogen) atoms. The molecule has 2 aromatic rings. The highest BCUT2D eigenvalue weighted by Gasteiger charge is 2.20. The number of nitrogens with zero attached hydrogens (tertiary/aromatic N) is 1. The monoisotopic (exact) mass is 352 g/mol. The maximum absolute atomic E-state index is 12.4. The van der Waals surface area contributed by atoms with Gasteiger partial charge in [-0.05, 0) is 25.5 Å². The number of anilines is 1. The van der Waals surface area contributed by atoms with E-state index >= 15 is 0 Å². The van der Waals surface area contributed by atoms with Gasteiger partial charge in [-0.3, -0.25) is 14.6 Å². The number of carbonyl (C=O) groups is 1. The minimum atomic E-state index is -1.11. The first-order chi connectivity index (χ1) is 11.3. The van der Waals surface area contributed by atoms with Crippen molar-refractivity contribution in [2.75, 3.05) is 11.9 Å². The molecule has 0 bridgehead atoms. The van der Waals surface area contributed by atoms with Gasteiger partial charge >= 0.3 is 11.2 Å². The number of hydrogen-bond acceptors (Lipinski definition) is 5. The maximum Gasteiger partial charge on any atom is 0.363 e. The molecule has 4 N–H and O–H groups in total. The number of benzene rings is 1. The quantitative estimate of drug-likeness (QED) is 0.601. The van der Waals surface area contributed by atoms with Crippen molar-refractivity contribution < 1.29 is 10.0 Å². The van der Waals surface area contributed by atoms with Crippen LogP contribution in [0.4, 0.5) is 5.82 Å². The van der Waals surface area contributed by atoms with Gasteiger partial charge in [0.2, 0.25) is 0 Å². The van der Waals surface area contributed by atoms with Crippen molar-refractivity contribution in [2.24, 2.45) is 0 Å². The second-order valence-corrected chi connectivity index (χ2v) is 5.51. The summed E-state index contributed by atoms with van der Waals surface area (Å²) in [4.78, 5) is 38.1. The Morgan fingerprint density at radius 2 is 2.08 bits per heavy atom. The molecule has 0 aliphatic rings. The highest BCUT2D eigenvalue weighted by molar-refractivity contribution is 6.31. The lowest BCUT2D eigenvalue weighted by molar-refractivity contribution is 0.0940. The van der Waals surface area contributed by atoms with Gasteiger partial charge in [0.1, 0.15) is 11.4 Å². The summed E-state index contributed by atoms with van der Waals surface area (Å²) in [5, 5.41) is 15.2. The summed E-state index contributed by atoms with van der Waals surface area (Å²) < 4.78 is -0.143. The van der Waals surface area contributed by atoms with Crippen molar-refractivity contribution in [3.63, 3.8) is 0 Å². The molecule has 0 spiro atoms. The number of aromatic amines is 1. The fraction of sp³-hybridized carbons (Fsp3) is 0.267. The van der Waals surface area contributed by atoms with Gasteiger partial charge in [-0.2, -0.15) is 0 Å². The Bertz CT molecular complexity index is 888. The number of hydrogen-bond donors (Lipinski definition) is 4. The average Bonchev–Trinajstić information content (AvgIpc) is 2.54. The second-order valence-electron chi connectivity index (χ2n) is 5.10. The predicted molar refractivity (Wildman–Crippen MR) is 90.0 cm³/mol. The lowest BCUT2D eigenvalue weighted by atomic mass is 10.1. The van der Waals surface area contributed by atoms with E-state index in [0.29, 0.717) is 17.1 Å². The lowest BCUT2D eigenvalue weighted by Crippen LogP contribution is -2.41. The first-order valence-electron chi connectivity index (χ1n) is 7.20. The third kappa shape index (κ3) is 3.60. The molecule has 1 amide bonds. The van der Waals surface area contributed by atoms with E-state index < -0.39 is 17.2 Å². The number of H-pyrrole nitrogens is 1. The SMILES string of the molecule is CCNc1[nH]c(=O)n(O)c(=O)c1C(=O)NCc1cc(C)ccc1Cl. The molecular formula is C15H17ClN4O4. The summed E-state index contributed by atoms with van der Waals surface area (Å²) in [6, 6.07) is 5.36. The van der Waals surface area contributed by atoms with E-state index in [1.54, 1.807) is 13.0 Å². The number of amides is 1. The lowest BCUT2D eigenvalue weighted by Gasteiger charge is -2.11. The predicted octanol–water partition coefficient (Wildman–Crippen LogP) is 1.10. The van der Waals surface area contributed by atoms with E-state index in [1.165, 1.54) is 0 Å². The fourth-order valence-corrected chi connectivity index (χ4v) is 2.33. The van der Waals surface area contributed by atoms with Crippen LogP contribution >= 0.6 is 11.6 Å². The Hall–Kier alpha value is -2.74. The summed E-state index contributed by atoms with van der Waals surface area (Å²) in [5.74, 6) is -0.793. The van der Waals surface area contributed by atoms with E-state index in [1.807, 2.05) is 19.1 Å². The minimum Gasteiger partial charge on any atom is -0.421 e. The highest BCUT2D eigenvalue weighted by Crippen LogP contribution is 2.17. The third-order valence-corrected chi connectivity index (χ3v) is 3.67. The zero-order chi connectivity index (χ0) is 17.9. The van der Waals surface area contributed by atoms with Crippen molar-refractivity contribution in [3.05, 3.63) is 60.8 Å². The third-order valence-electron chi connectivity index (χ3n) is 3.30. The maximum atomic E-state index is 12.4. The van der Waals surface area contributed by atoms with Crippen molar-refractivity contribution in [1.82, 2.24) is 15.0 Å². The Balaban J connectivity index is 2.33. The second kappa shape index (κ2) is 7.22. The smallest absolute Gasteiger partial charge is 0.363 e. The van der Waals surface area contributed by atoms with E-state index in [2.05, 4.69) is 15.6 Å². The first-order valence-corrected chi connectivity index (χ1v) is 7.58. The number of nitrogens with one attached hydrogen (secondary N) is 3. The van der Waals surface area contributed by atoms with Gasteiger partial charge in [-0.15, -0.1) is 0 Å². The summed E-state index contributed by atoms with van der Waals surface area (Å²) in [6.07, 6.45) is 0. The molecule has 1 heterocycles. The minimum absolute atomic E-state index is 0.0503. The van der Waals surface area contributed by atoms with Gasteiger partial charge in [-0.1, -0.05) is 34.0 Å². The van der Waals surface area contributed by atoms with E-state index in [9.17, 15) is 19.6 Å². The van der Waals surface area contributed by atoms with E-state index in [0.717, 1.165) is 5.56 Å². The Morgan fingerprint density at radius 1 is 1.38 bits per heavy atom. The summed E-state index contributed by atoms with van der Waals surface area (Å²) >= 11 is 6.07. The van der Waals surface area contributed by atoms with Crippen LogP contribution in [0.2, 0.25) is 5.02 Å². The molecule has 0 aliphatic heterocycles. The molecule has 0 radical (unpaired) electrons. The molecule has 0 fully saturated rings. The van der Waals surface area contributed by atoms with Crippen LogP contribution in [-0.4, -0.2) is 27.4 Å². The molecule has 0 saturated carbocycles. The summed E-state index contributed by atoms with van der Waals surface area (Å²) in [7, 11) is 0. The average molecular weight is 353 g/mol. The van der Waals surface area contributed by atoms with Crippen LogP contribution in [0.25, 0.3) is 0 Å². The number of halogens is 1. The van der Waals surface area contributed by atoms with E-state index in [-0.39, 0.29) is 22.7 Å². The van der Waals surface area contributed by atoms with Crippen LogP contribution < -0.4 is 21.9 Å². The number of carbonyl (C=O) groups excluding carboxylic acids is 1. The van der Waals surface area contributed by atoms with Crippen LogP contribution in [0.1, 0.15) is 28.4 Å². The van der Waals surface area contributed by atoms with Crippen LogP contribution in [0, 0.1) is 6.92 Å². The molecule has 1 aromatic carbocycles. The van der Waals surface area contributed by atoms with Crippen LogP contribution in [0.3, 0.4) is 0 Å². The van der Waals surface area contributed by atoms with Crippen molar-refractivity contribution in [3.8, 4) is 0 Å². The van der Waals surface area contributed by atoms with Gasteiger partial charge in [0.25, 0.3) is 5.91 Å². The molecule has 0 aliphatic carbocycles. The van der Waals surface area contributed by atoms with Crippen LogP contribution in [0.5, 0.6) is 0 Å². The molecule has 0 saturated heterocycles. The molecule has 9 heteroatoms. The number of aryl methyl sites for hydroxylation is 1. The van der Waals surface area contributed by atoms with Crippen molar-refractivity contribution in [2.45, 2.75) is 20.4 Å². The fourth-order valence-electron chi connectivity index (χ4n) is 2.15. The molecule has 0 unspecified atom stereocenters. The standard InChI is InChI=1S/C15H17ClN4O4/c1-3-17-12-11(14(22)20(24)15(23)19-12)13(21)18-7-9-6-8(2)4-5-10(9)16/h4-6,17,24H,3,7H2,1-2H3,(H,18,21)(H,19,23). The van der Waals surface area contributed by atoms with Gasteiger partial charge in [0.15, 0.2) is 0 Å². The largest absolute Gasteiger partial charge is 0.421 e. The van der Waals surface area contributed by atoms with E-state index in [4.69, 9.17) is 11.6 Å². The molecule has 8 nitrogen and oxygen atoms in total. The van der Waals surface area contributed by atoms with Crippen LogP contribution in [0.15, 0.2) is 27.8 Å². The molecule has 2 rings (SSSR count). The van der Waals surface area contributed by atoms with Gasteiger partial charge in [-0.25, -0.2) is 4.79 Å². The van der Waals surface area contributed by atoms with Gasteiger partial charge in [0.05, 0.1) is 0 Å². The van der Waals surface area contributed by atoms with Gasteiger partial charge in [0, 0.05) is 18.1 Å². The molecule has 1 aromatic heterocycles. The summed E-state index contributed by atoms with van der Waals surface area (Å²) in [5.41, 5.74) is -0.873. The topological polar surface area (TPSA) is 116 Å². The Labute approximate surface area is 142 Å². The highest BCUT2D eigenvalue weighted by atomic mass is 35.5. The molecular weight excluding hydrogens is 336 g/mol. The Morgan fingerprint density at radius 3 is 2.75 bits per heavy atom. The molecule has 0 atom stereocenters. The van der Waals surface area contributed by atoms with Gasteiger partial charge < -0.3 is 15.8 Å².